The molecule has 1 aliphatic rings. The van der Waals surface area contributed by atoms with Gasteiger partial charge in [-0.15, -0.1) is 0 Å². The third-order valence-electron chi connectivity index (χ3n) is 4.69. The molecule has 0 saturated carbocycles. The highest BCUT2D eigenvalue weighted by Crippen LogP contribution is 2.34. The summed E-state index contributed by atoms with van der Waals surface area (Å²) in [5, 5.41) is 8.18. The van der Waals surface area contributed by atoms with Crippen LogP contribution in [0.25, 0.3) is 16.8 Å². The first kappa shape index (κ1) is 16.7. The van der Waals surface area contributed by atoms with Crippen LogP contribution >= 0.6 is 0 Å². The molecule has 1 saturated heterocycles. The molecule has 0 radical (unpaired) electrons. The first-order chi connectivity index (χ1) is 12.8. The number of anilines is 1. The zero-order chi connectivity index (χ0) is 17.9. The van der Waals surface area contributed by atoms with Crippen molar-refractivity contribution in [1.82, 2.24) is 19.9 Å². The molecule has 4 rings (SSSR count). The smallest absolute Gasteiger partial charge is 0.154 e. The number of benzene rings is 1. The van der Waals surface area contributed by atoms with Gasteiger partial charge in [0, 0.05) is 37.6 Å². The van der Waals surface area contributed by atoms with Crippen LogP contribution in [0.3, 0.4) is 0 Å². The first-order valence-electron chi connectivity index (χ1n) is 8.82. The molecule has 136 valence electrons. The lowest BCUT2D eigenvalue weighted by atomic mass is 10.1. The van der Waals surface area contributed by atoms with E-state index in [2.05, 4.69) is 21.3 Å². The number of aromatic nitrogens is 3. The van der Waals surface area contributed by atoms with Gasteiger partial charge in [-0.1, -0.05) is 0 Å². The van der Waals surface area contributed by atoms with E-state index >= 15 is 0 Å². The maximum Gasteiger partial charge on any atom is 0.154 e. The molecule has 0 unspecified atom stereocenters. The van der Waals surface area contributed by atoms with Crippen molar-refractivity contribution in [3.05, 3.63) is 36.7 Å². The second-order valence-electron chi connectivity index (χ2n) is 6.27. The lowest BCUT2D eigenvalue weighted by Gasteiger charge is -2.21. The summed E-state index contributed by atoms with van der Waals surface area (Å²) in [6.45, 7) is 3.94. The lowest BCUT2D eigenvalue weighted by Crippen LogP contribution is -2.29. The summed E-state index contributed by atoms with van der Waals surface area (Å²) in [5.74, 6) is 2.51. The topological polar surface area (TPSA) is 63.9 Å². The summed E-state index contributed by atoms with van der Waals surface area (Å²) in [4.78, 5) is 6.96. The molecule has 7 heteroatoms. The Kier molecular flexibility index (Phi) is 4.62. The molecule has 1 aliphatic heterocycles. The third-order valence-corrected chi connectivity index (χ3v) is 4.69. The fourth-order valence-corrected chi connectivity index (χ4v) is 3.36. The second-order valence-corrected chi connectivity index (χ2v) is 6.27. The minimum absolute atomic E-state index is 0.766. The van der Waals surface area contributed by atoms with Crippen LogP contribution in [0, 0.1) is 0 Å². The monoisotopic (exact) mass is 353 g/mol. The van der Waals surface area contributed by atoms with Gasteiger partial charge in [-0.05, 0) is 37.2 Å². The molecular formula is C19H23N5O2. The molecule has 1 aromatic carbocycles. The van der Waals surface area contributed by atoms with Gasteiger partial charge in [0.2, 0.25) is 0 Å². The van der Waals surface area contributed by atoms with Gasteiger partial charge in [-0.2, -0.15) is 5.10 Å². The van der Waals surface area contributed by atoms with Crippen molar-refractivity contribution in [3.63, 3.8) is 0 Å². The van der Waals surface area contributed by atoms with Gasteiger partial charge in [0.1, 0.15) is 17.0 Å². The molecule has 0 amide bonds. The van der Waals surface area contributed by atoms with E-state index in [-0.39, 0.29) is 0 Å². The Labute approximate surface area is 152 Å². The van der Waals surface area contributed by atoms with E-state index in [1.165, 1.54) is 0 Å². The Morgan fingerprint density at radius 2 is 2.00 bits per heavy atom. The number of fused-ring (bicyclic) bond motifs is 1. The number of nitrogens with one attached hydrogen (secondary N) is 1. The number of hydrogen-bond donors (Lipinski definition) is 1. The van der Waals surface area contributed by atoms with E-state index < -0.39 is 0 Å². The molecule has 7 nitrogen and oxygen atoms in total. The lowest BCUT2D eigenvalue weighted by molar-refractivity contribution is 0.404. The van der Waals surface area contributed by atoms with Gasteiger partial charge in [0.05, 0.1) is 19.9 Å². The zero-order valence-electron chi connectivity index (χ0n) is 15.1. The average molecular weight is 353 g/mol. The standard InChI is InChI=1S/C19H23N5O2/c1-25-14-4-5-18(26-2)15(12-14)16-13-17-19(21-8-11-24(17)22-16)23-9-3-6-20-7-10-23/h4-5,8,11-13,20H,3,6-7,9-10H2,1-2H3. The van der Waals surface area contributed by atoms with Gasteiger partial charge < -0.3 is 19.7 Å². The number of methoxy groups -OCH3 is 2. The van der Waals surface area contributed by atoms with Crippen LogP contribution in [0.15, 0.2) is 36.7 Å². The molecule has 0 atom stereocenters. The summed E-state index contributed by atoms with van der Waals surface area (Å²) >= 11 is 0. The molecule has 1 fully saturated rings. The number of ether oxygens (including phenoxy) is 2. The fourth-order valence-electron chi connectivity index (χ4n) is 3.36. The summed E-state index contributed by atoms with van der Waals surface area (Å²) in [6, 6.07) is 7.80. The van der Waals surface area contributed by atoms with Crippen molar-refractivity contribution < 1.29 is 9.47 Å². The molecular weight excluding hydrogens is 330 g/mol. The van der Waals surface area contributed by atoms with E-state index in [1.54, 1.807) is 20.4 Å². The predicted molar refractivity (Wildman–Crippen MR) is 101 cm³/mol. The van der Waals surface area contributed by atoms with Crippen molar-refractivity contribution in [3.8, 4) is 22.8 Å². The quantitative estimate of drug-likeness (QED) is 0.776. The van der Waals surface area contributed by atoms with E-state index in [9.17, 15) is 0 Å². The summed E-state index contributed by atoms with van der Waals surface area (Å²) in [6.07, 6.45) is 4.79. The van der Waals surface area contributed by atoms with E-state index in [1.807, 2.05) is 28.9 Å². The first-order valence-corrected chi connectivity index (χ1v) is 8.82. The molecule has 3 heterocycles. The third kappa shape index (κ3) is 3.06. The number of rotatable bonds is 4. The highest BCUT2D eigenvalue weighted by molar-refractivity contribution is 5.78. The normalized spacial score (nSPS) is 15.1. The maximum absolute atomic E-state index is 5.52. The number of hydrogen-bond acceptors (Lipinski definition) is 6. The SMILES string of the molecule is COc1ccc(OC)c(-c2cc3c(N4CCCNCC4)nccn3n2)c1. The van der Waals surface area contributed by atoms with Crippen molar-refractivity contribution in [2.45, 2.75) is 6.42 Å². The van der Waals surface area contributed by atoms with Crippen molar-refractivity contribution in [2.24, 2.45) is 0 Å². The molecule has 0 aliphatic carbocycles. The summed E-state index contributed by atoms with van der Waals surface area (Å²) in [7, 11) is 3.32. The Balaban J connectivity index is 1.80. The summed E-state index contributed by atoms with van der Waals surface area (Å²) in [5.41, 5.74) is 2.73. The molecule has 26 heavy (non-hydrogen) atoms. The molecule has 0 bridgehead atoms. The fraction of sp³-hybridized carbons (Fsp3) is 0.368. The van der Waals surface area contributed by atoms with Gasteiger partial charge in [0.15, 0.2) is 5.82 Å². The van der Waals surface area contributed by atoms with E-state index in [0.29, 0.717) is 0 Å². The van der Waals surface area contributed by atoms with Crippen LogP contribution in [0.4, 0.5) is 5.82 Å². The van der Waals surface area contributed by atoms with E-state index in [0.717, 1.165) is 66.7 Å². The maximum atomic E-state index is 5.52. The van der Waals surface area contributed by atoms with Crippen LogP contribution in [0.5, 0.6) is 11.5 Å². The second kappa shape index (κ2) is 7.21. The van der Waals surface area contributed by atoms with Crippen LogP contribution in [0.2, 0.25) is 0 Å². The average Bonchev–Trinajstić information content (AvgIpc) is 2.94. The minimum Gasteiger partial charge on any atom is -0.497 e. The highest BCUT2D eigenvalue weighted by atomic mass is 16.5. The van der Waals surface area contributed by atoms with Crippen LogP contribution in [-0.2, 0) is 0 Å². The highest BCUT2D eigenvalue weighted by Gasteiger charge is 2.18. The Morgan fingerprint density at radius 3 is 2.85 bits per heavy atom. The van der Waals surface area contributed by atoms with Crippen molar-refractivity contribution in [1.29, 1.82) is 0 Å². The molecule has 1 N–H and O–H groups in total. The van der Waals surface area contributed by atoms with Gasteiger partial charge in [-0.3, -0.25) is 0 Å². The zero-order valence-corrected chi connectivity index (χ0v) is 15.1. The molecule has 0 spiro atoms. The van der Waals surface area contributed by atoms with Crippen LogP contribution in [-0.4, -0.2) is 55.0 Å². The Hall–Kier alpha value is -2.80. The van der Waals surface area contributed by atoms with Crippen molar-refractivity contribution in [2.75, 3.05) is 45.3 Å². The number of nitrogens with zero attached hydrogens (tertiary/aromatic N) is 4. The predicted octanol–water partition coefficient (Wildman–Crippen LogP) is 2.21. The minimum atomic E-state index is 0.766. The summed E-state index contributed by atoms with van der Waals surface area (Å²) < 4.78 is 12.8. The van der Waals surface area contributed by atoms with Crippen molar-refractivity contribution >= 4 is 11.3 Å². The van der Waals surface area contributed by atoms with Crippen LogP contribution < -0.4 is 19.7 Å². The Morgan fingerprint density at radius 1 is 1.08 bits per heavy atom. The largest absolute Gasteiger partial charge is 0.497 e. The molecule has 2 aromatic heterocycles. The molecule has 3 aromatic rings. The van der Waals surface area contributed by atoms with Crippen LogP contribution in [0.1, 0.15) is 6.42 Å². The Bertz CT molecular complexity index is 900. The van der Waals surface area contributed by atoms with Gasteiger partial charge in [-0.25, -0.2) is 9.50 Å². The van der Waals surface area contributed by atoms with Gasteiger partial charge in [0.25, 0.3) is 0 Å². The van der Waals surface area contributed by atoms with E-state index in [4.69, 9.17) is 14.6 Å². The van der Waals surface area contributed by atoms with Gasteiger partial charge >= 0.3 is 0 Å².